The minimum absolute atomic E-state index is 0.218. The van der Waals surface area contributed by atoms with E-state index in [4.69, 9.17) is 22.1 Å². The number of thioether (sulfide) groups is 1. The lowest BCUT2D eigenvalue weighted by Gasteiger charge is -2.08. The Balaban J connectivity index is 1.49. The standard InChI is InChI=1S/C26H18FN3O2S2/c27-20-11-9-17(10-12-20)16-32-22-8-4-5-18(13-22)24-19(14-23-25(31)28-26(33)34-23)15-30(29-24)21-6-2-1-3-7-21/h1-15H,16H2,(H,28,31,33)/b23-14+. The van der Waals surface area contributed by atoms with Crippen molar-refractivity contribution in [3.8, 4) is 22.7 Å². The van der Waals surface area contributed by atoms with E-state index in [1.54, 1.807) is 22.9 Å². The molecule has 0 spiro atoms. The van der Waals surface area contributed by atoms with Crippen LogP contribution in [0.3, 0.4) is 0 Å². The molecule has 1 fully saturated rings. The van der Waals surface area contributed by atoms with Gasteiger partial charge in [-0.1, -0.05) is 66.4 Å². The third-order valence-electron chi connectivity index (χ3n) is 5.12. The molecule has 1 aliphatic heterocycles. The Morgan fingerprint density at radius 3 is 2.59 bits per heavy atom. The molecule has 3 aromatic carbocycles. The first-order chi connectivity index (χ1) is 16.5. The van der Waals surface area contributed by atoms with Gasteiger partial charge in [-0.15, -0.1) is 0 Å². The molecule has 5 nitrogen and oxygen atoms in total. The van der Waals surface area contributed by atoms with Crippen LogP contribution < -0.4 is 10.1 Å². The van der Waals surface area contributed by atoms with Crippen molar-refractivity contribution in [2.45, 2.75) is 6.61 Å². The number of amides is 1. The lowest BCUT2D eigenvalue weighted by atomic mass is 10.1. The van der Waals surface area contributed by atoms with E-state index in [1.165, 1.54) is 23.9 Å². The third kappa shape index (κ3) is 4.93. The van der Waals surface area contributed by atoms with Gasteiger partial charge < -0.3 is 10.1 Å². The lowest BCUT2D eigenvalue weighted by molar-refractivity contribution is -0.115. The van der Waals surface area contributed by atoms with Crippen molar-refractivity contribution in [1.82, 2.24) is 15.1 Å². The molecular formula is C26H18FN3O2S2. The van der Waals surface area contributed by atoms with Crippen molar-refractivity contribution in [3.05, 3.63) is 107 Å². The van der Waals surface area contributed by atoms with Crippen LogP contribution in [0.2, 0.25) is 0 Å². The summed E-state index contributed by atoms with van der Waals surface area (Å²) in [7, 11) is 0. The summed E-state index contributed by atoms with van der Waals surface area (Å²) < 4.78 is 21.3. The molecule has 0 bridgehead atoms. The van der Waals surface area contributed by atoms with Crippen LogP contribution in [-0.4, -0.2) is 20.0 Å². The fraction of sp³-hybridized carbons (Fsp3) is 0.0385. The fourth-order valence-electron chi connectivity index (χ4n) is 3.47. The summed E-state index contributed by atoms with van der Waals surface area (Å²) in [5.41, 5.74) is 4.09. The van der Waals surface area contributed by atoms with E-state index < -0.39 is 0 Å². The average molecular weight is 488 g/mol. The molecule has 5 rings (SSSR count). The molecule has 1 N–H and O–H groups in total. The first kappa shape index (κ1) is 22.1. The van der Waals surface area contributed by atoms with Gasteiger partial charge in [0.1, 0.15) is 28.2 Å². The van der Waals surface area contributed by atoms with Crippen LogP contribution in [0.5, 0.6) is 5.75 Å². The Kier molecular flexibility index (Phi) is 6.24. The van der Waals surface area contributed by atoms with Gasteiger partial charge in [0.05, 0.1) is 10.6 Å². The Morgan fingerprint density at radius 1 is 1.06 bits per heavy atom. The molecule has 4 aromatic rings. The van der Waals surface area contributed by atoms with Gasteiger partial charge in [0.15, 0.2) is 0 Å². The minimum Gasteiger partial charge on any atom is -0.489 e. The quantitative estimate of drug-likeness (QED) is 0.277. The molecule has 0 radical (unpaired) electrons. The molecule has 0 aliphatic carbocycles. The first-order valence-electron chi connectivity index (χ1n) is 10.4. The van der Waals surface area contributed by atoms with Gasteiger partial charge in [0, 0.05) is 17.3 Å². The van der Waals surface area contributed by atoms with Crippen molar-refractivity contribution >= 4 is 40.3 Å². The van der Waals surface area contributed by atoms with E-state index in [0.717, 1.165) is 22.4 Å². The number of halogens is 1. The topological polar surface area (TPSA) is 56.2 Å². The normalized spacial score (nSPS) is 14.4. The molecule has 168 valence electrons. The third-order valence-corrected chi connectivity index (χ3v) is 6.28. The van der Waals surface area contributed by atoms with Crippen LogP contribution in [0, 0.1) is 5.82 Å². The van der Waals surface area contributed by atoms with E-state index in [0.29, 0.717) is 27.3 Å². The van der Waals surface area contributed by atoms with E-state index in [2.05, 4.69) is 5.32 Å². The molecule has 1 amide bonds. The van der Waals surface area contributed by atoms with Crippen molar-refractivity contribution in [1.29, 1.82) is 0 Å². The van der Waals surface area contributed by atoms with Crippen LogP contribution in [-0.2, 0) is 11.4 Å². The van der Waals surface area contributed by atoms with Gasteiger partial charge >= 0.3 is 0 Å². The average Bonchev–Trinajstić information content (AvgIpc) is 3.42. The Hall–Kier alpha value is -3.75. The number of thiocarbonyl (C=S) groups is 1. The van der Waals surface area contributed by atoms with Gasteiger partial charge in [0.25, 0.3) is 5.91 Å². The second-order valence-corrected chi connectivity index (χ2v) is 9.23. The van der Waals surface area contributed by atoms with Crippen LogP contribution in [0.25, 0.3) is 23.0 Å². The number of hydrogen-bond donors (Lipinski definition) is 1. The van der Waals surface area contributed by atoms with E-state index in [-0.39, 0.29) is 11.7 Å². The molecule has 8 heteroatoms. The highest BCUT2D eigenvalue weighted by molar-refractivity contribution is 8.26. The number of carbonyl (C=O) groups is 1. The zero-order valence-electron chi connectivity index (χ0n) is 17.8. The number of aromatic nitrogens is 2. The number of hydrogen-bond acceptors (Lipinski definition) is 5. The van der Waals surface area contributed by atoms with Crippen molar-refractivity contribution in [2.75, 3.05) is 0 Å². The van der Waals surface area contributed by atoms with Crippen molar-refractivity contribution in [3.63, 3.8) is 0 Å². The number of nitrogens with zero attached hydrogens (tertiary/aromatic N) is 2. The molecule has 1 aromatic heterocycles. The molecule has 0 saturated carbocycles. The van der Waals surface area contributed by atoms with E-state index in [1.807, 2.05) is 60.8 Å². The van der Waals surface area contributed by atoms with Gasteiger partial charge in [-0.25, -0.2) is 9.07 Å². The highest BCUT2D eigenvalue weighted by atomic mass is 32.2. The number of para-hydroxylation sites is 1. The molecule has 1 saturated heterocycles. The smallest absolute Gasteiger partial charge is 0.263 e. The van der Waals surface area contributed by atoms with Crippen LogP contribution in [0.15, 0.2) is 90.0 Å². The molecular weight excluding hydrogens is 469 g/mol. The first-order valence-corrected chi connectivity index (χ1v) is 11.7. The fourth-order valence-corrected chi connectivity index (χ4v) is 4.51. The zero-order valence-corrected chi connectivity index (χ0v) is 19.4. The van der Waals surface area contributed by atoms with Crippen molar-refractivity contribution < 1.29 is 13.9 Å². The number of ether oxygens (including phenoxy) is 1. The molecule has 2 heterocycles. The number of nitrogens with one attached hydrogen (secondary N) is 1. The summed E-state index contributed by atoms with van der Waals surface area (Å²) >= 11 is 6.35. The summed E-state index contributed by atoms with van der Waals surface area (Å²) in [6.07, 6.45) is 3.69. The van der Waals surface area contributed by atoms with Crippen molar-refractivity contribution in [2.24, 2.45) is 0 Å². The Morgan fingerprint density at radius 2 is 1.85 bits per heavy atom. The molecule has 0 atom stereocenters. The van der Waals surface area contributed by atoms with Gasteiger partial charge in [-0.05, 0) is 48.0 Å². The summed E-state index contributed by atoms with van der Waals surface area (Å²) in [4.78, 5) is 12.8. The predicted octanol–water partition coefficient (Wildman–Crippen LogP) is 5.75. The van der Waals surface area contributed by atoms with E-state index in [9.17, 15) is 9.18 Å². The predicted molar refractivity (Wildman–Crippen MR) is 136 cm³/mol. The Labute approximate surface area is 205 Å². The maximum atomic E-state index is 13.2. The number of carbonyl (C=O) groups excluding carboxylic acids is 1. The van der Waals surface area contributed by atoms with Crippen LogP contribution in [0.4, 0.5) is 4.39 Å². The highest BCUT2D eigenvalue weighted by Crippen LogP contribution is 2.32. The minimum atomic E-state index is -0.281. The summed E-state index contributed by atoms with van der Waals surface area (Å²) in [5.74, 6) is 0.157. The highest BCUT2D eigenvalue weighted by Gasteiger charge is 2.23. The lowest BCUT2D eigenvalue weighted by Crippen LogP contribution is -2.17. The molecule has 0 unspecified atom stereocenters. The zero-order chi connectivity index (χ0) is 23.5. The molecule has 1 aliphatic rings. The second kappa shape index (κ2) is 9.62. The maximum absolute atomic E-state index is 13.2. The van der Waals surface area contributed by atoms with Crippen LogP contribution >= 0.6 is 24.0 Å². The van der Waals surface area contributed by atoms with Gasteiger partial charge in [-0.3, -0.25) is 4.79 Å². The number of benzene rings is 3. The Bertz CT molecular complexity index is 1400. The summed E-state index contributed by atoms with van der Waals surface area (Å²) in [6, 6.07) is 23.5. The largest absolute Gasteiger partial charge is 0.489 e. The SMILES string of the molecule is O=C1NC(=S)S/C1=C/c1cn(-c2ccccc2)nc1-c1cccc(OCc2ccc(F)cc2)c1. The second-order valence-electron chi connectivity index (χ2n) is 7.51. The molecule has 34 heavy (non-hydrogen) atoms. The monoisotopic (exact) mass is 487 g/mol. The van der Waals surface area contributed by atoms with E-state index >= 15 is 0 Å². The van der Waals surface area contributed by atoms with Crippen LogP contribution in [0.1, 0.15) is 11.1 Å². The van der Waals surface area contributed by atoms with Gasteiger partial charge in [-0.2, -0.15) is 5.10 Å². The van der Waals surface area contributed by atoms with Gasteiger partial charge in [0.2, 0.25) is 0 Å². The summed E-state index contributed by atoms with van der Waals surface area (Å²) in [6.45, 7) is 0.313. The summed E-state index contributed by atoms with van der Waals surface area (Å²) in [5, 5.41) is 7.45. The number of rotatable bonds is 6. The maximum Gasteiger partial charge on any atom is 0.263 e.